The number of hydrogen-bond acceptors (Lipinski definition) is 3. The molecule has 1 aromatic rings. The Morgan fingerprint density at radius 2 is 2.20 bits per heavy atom. The van der Waals surface area contributed by atoms with Crippen LogP contribution in [0.3, 0.4) is 0 Å². The number of carboxylic acid groups (broad SMARTS) is 1. The molecule has 0 radical (unpaired) electrons. The zero-order valence-corrected chi connectivity index (χ0v) is 11.6. The Hall–Kier alpha value is -2.04. The predicted molar refractivity (Wildman–Crippen MR) is 76.4 cm³/mol. The molecule has 1 aliphatic heterocycles. The quantitative estimate of drug-likeness (QED) is 0.825. The monoisotopic (exact) mass is 276 g/mol. The van der Waals surface area contributed by atoms with E-state index in [1.165, 1.54) is 4.90 Å². The number of benzene rings is 1. The fraction of sp³-hybridized carbons (Fsp3) is 0.467. The smallest absolute Gasteiger partial charge is 0.329 e. The van der Waals surface area contributed by atoms with E-state index in [-0.39, 0.29) is 5.91 Å². The molecule has 1 unspecified atom stereocenters. The van der Waals surface area contributed by atoms with Crippen LogP contribution in [0.1, 0.15) is 43.0 Å². The Bertz CT molecular complexity index is 530. The molecule has 0 spiro atoms. The fourth-order valence-electron chi connectivity index (χ4n) is 3.00. The van der Waals surface area contributed by atoms with Crippen molar-refractivity contribution in [2.75, 3.05) is 12.3 Å². The number of anilines is 1. The lowest BCUT2D eigenvalue weighted by atomic mass is 9.90. The second-order valence-corrected chi connectivity index (χ2v) is 5.27. The lowest BCUT2D eigenvalue weighted by molar-refractivity contribution is -0.148. The average Bonchev–Trinajstić information content (AvgIpc) is 2.83. The van der Waals surface area contributed by atoms with E-state index in [9.17, 15) is 14.7 Å². The molecule has 1 saturated heterocycles. The SMILES string of the molecule is CCCC1(C(=O)O)CCCN1C(=O)c1cccc(N)c1. The lowest BCUT2D eigenvalue weighted by Crippen LogP contribution is -2.53. The van der Waals surface area contributed by atoms with Crippen LogP contribution in [0.5, 0.6) is 0 Å². The molecule has 0 aliphatic carbocycles. The summed E-state index contributed by atoms with van der Waals surface area (Å²) in [6.45, 7) is 2.42. The molecule has 5 nitrogen and oxygen atoms in total. The number of hydrogen-bond donors (Lipinski definition) is 2. The van der Waals surface area contributed by atoms with Crippen molar-refractivity contribution >= 4 is 17.6 Å². The van der Waals surface area contributed by atoms with Gasteiger partial charge in [0.15, 0.2) is 0 Å². The van der Waals surface area contributed by atoms with E-state index in [0.29, 0.717) is 30.6 Å². The summed E-state index contributed by atoms with van der Waals surface area (Å²) in [5.41, 5.74) is 5.59. The Kier molecular flexibility index (Phi) is 3.97. The van der Waals surface area contributed by atoms with Gasteiger partial charge in [0, 0.05) is 17.8 Å². The number of nitrogens with two attached hydrogens (primary N) is 1. The minimum atomic E-state index is -1.06. The summed E-state index contributed by atoms with van der Waals surface area (Å²) in [6, 6.07) is 6.69. The van der Waals surface area contributed by atoms with Gasteiger partial charge >= 0.3 is 5.97 Å². The van der Waals surface area contributed by atoms with Gasteiger partial charge in [-0.15, -0.1) is 0 Å². The first-order valence-electron chi connectivity index (χ1n) is 6.92. The second kappa shape index (κ2) is 5.53. The van der Waals surface area contributed by atoms with Gasteiger partial charge in [-0.25, -0.2) is 4.79 Å². The molecular weight excluding hydrogens is 256 g/mol. The summed E-state index contributed by atoms with van der Waals surface area (Å²) in [6.07, 6.45) is 2.45. The summed E-state index contributed by atoms with van der Waals surface area (Å²) >= 11 is 0. The highest BCUT2D eigenvalue weighted by atomic mass is 16.4. The second-order valence-electron chi connectivity index (χ2n) is 5.27. The van der Waals surface area contributed by atoms with Crippen LogP contribution < -0.4 is 5.73 Å². The molecule has 2 rings (SSSR count). The maximum absolute atomic E-state index is 12.6. The van der Waals surface area contributed by atoms with Crippen LogP contribution in [0.15, 0.2) is 24.3 Å². The molecule has 1 heterocycles. The summed E-state index contributed by atoms with van der Waals surface area (Å²) in [5.74, 6) is -1.15. The van der Waals surface area contributed by atoms with E-state index in [2.05, 4.69) is 0 Å². The molecule has 0 aromatic heterocycles. The number of carboxylic acids is 1. The van der Waals surface area contributed by atoms with Crippen molar-refractivity contribution in [2.24, 2.45) is 0 Å². The molecule has 0 bridgehead atoms. The van der Waals surface area contributed by atoms with Gasteiger partial charge in [0.05, 0.1) is 0 Å². The highest BCUT2D eigenvalue weighted by molar-refractivity contribution is 5.98. The molecule has 108 valence electrons. The number of nitrogens with zero attached hydrogens (tertiary/aromatic N) is 1. The van der Waals surface area contributed by atoms with Crippen molar-refractivity contribution in [3.63, 3.8) is 0 Å². The lowest BCUT2D eigenvalue weighted by Gasteiger charge is -2.34. The van der Waals surface area contributed by atoms with Gasteiger partial charge in [0.2, 0.25) is 0 Å². The molecule has 0 saturated carbocycles. The Morgan fingerprint density at radius 1 is 1.45 bits per heavy atom. The van der Waals surface area contributed by atoms with Crippen LogP contribution in [0.4, 0.5) is 5.69 Å². The van der Waals surface area contributed by atoms with E-state index < -0.39 is 11.5 Å². The summed E-state index contributed by atoms with van der Waals surface area (Å²) in [4.78, 5) is 25.8. The molecule has 3 N–H and O–H groups in total. The third kappa shape index (κ3) is 2.35. The van der Waals surface area contributed by atoms with E-state index in [4.69, 9.17) is 5.73 Å². The molecule has 1 aliphatic rings. The van der Waals surface area contributed by atoms with Crippen LogP contribution in [-0.2, 0) is 4.79 Å². The maximum atomic E-state index is 12.6. The topological polar surface area (TPSA) is 83.6 Å². The minimum absolute atomic E-state index is 0.245. The number of aliphatic carboxylic acids is 1. The highest BCUT2D eigenvalue weighted by Gasteiger charge is 2.49. The zero-order chi connectivity index (χ0) is 14.8. The Morgan fingerprint density at radius 3 is 2.80 bits per heavy atom. The molecule has 20 heavy (non-hydrogen) atoms. The van der Waals surface area contributed by atoms with Crippen molar-refractivity contribution in [1.29, 1.82) is 0 Å². The molecule has 5 heteroatoms. The first-order chi connectivity index (χ1) is 9.51. The number of amides is 1. The van der Waals surface area contributed by atoms with Gasteiger partial charge in [-0.3, -0.25) is 4.79 Å². The normalized spacial score (nSPS) is 21.9. The largest absolute Gasteiger partial charge is 0.479 e. The van der Waals surface area contributed by atoms with Crippen molar-refractivity contribution in [3.8, 4) is 0 Å². The standard InChI is InChI=1S/C15H20N2O3/c1-2-7-15(14(19)20)8-4-9-17(15)13(18)11-5-3-6-12(16)10-11/h3,5-6,10H,2,4,7-9,16H2,1H3,(H,19,20). The first-order valence-corrected chi connectivity index (χ1v) is 6.92. The third-order valence-corrected chi connectivity index (χ3v) is 3.93. The van der Waals surface area contributed by atoms with E-state index in [0.717, 1.165) is 12.8 Å². The average molecular weight is 276 g/mol. The van der Waals surface area contributed by atoms with Gasteiger partial charge < -0.3 is 15.7 Å². The number of carbonyl (C=O) groups is 2. The molecule has 1 atom stereocenters. The highest BCUT2D eigenvalue weighted by Crippen LogP contribution is 2.35. The molecule has 1 amide bonds. The molecular formula is C15H20N2O3. The van der Waals surface area contributed by atoms with Crippen LogP contribution in [0.2, 0.25) is 0 Å². The summed E-state index contributed by atoms with van der Waals surface area (Å²) in [5, 5.41) is 9.60. The van der Waals surface area contributed by atoms with Gasteiger partial charge in [0.25, 0.3) is 5.91 Å². The fourth-order valence-corrected chi connectivity index (χ4v) is 3.00. The van der Waals surface area contributed by atoms with Gasteiger partial charge in [0.1, 0.15) is 5.54 Å². The van der Waals surface area contributed by atoms with Gasteiger partial charge in [-0.2, -0.15) is 0 Å². The van der Waals surface area contributed by atoms with Crippen molar-refractivity contribution in [1.82, 2.24) is 4.90 Å². The zero-order valence-electron chi connectivity index (χ0n) is 11.6. The number of nitrogen functional groups attached to an aromatic ring is 1. The van der Waals surface area contributed by atoms with Crippen LogP contribution >= 0.6 is 0 Å². The molecule has 1 aromatic carbocycles. The van der Waals surface area contributed by atoms with Crippen molar-refractivity contribution < 1.29 is 14.7 Å². The van der Waals surface area contributed by atoms with Gasteiger partial charge in [-0.05, 0) is 37.5 Å². The van der Waals surface area contributed by atoms with Crippen molar-refractivity contribution in [2.45, 2.75) is 38.1 Å². The van der Waals surface area contributed by atoms with Crippen LogP contribution in [0.25, 0.3) is 0 Å². The predicted octanol–water partition coefficient (Wildman–Crippen LogP) is 2.13. The maximum Gasteiger partial charge on any atom is 0.329 e. The summed E-state index contributed by atoms with van der Waals surface area (Å²) < 4.78 is 0. The summed E-state index contributed by atoms with van der Waals surface area (Å²) in [7, 11) is 0. The third-order valence-electron chi connectivity index (χ3n) is 3.93. The first kappa shape index (κ1) is 14.4. The van der Waals surface area contributed by atoms with Crippen molar-refractivity contribution in [3.05, 3.63) is 29.8 Å². The van der Waals surface area contributed by atoms with Crippen LogP contribution in [0, 0.1) is 0 Å². The molecule has 1 fully saturated rings. The minimum Gasteiger partial charge on any atom is -0.479 e. The van der Waals surface area contributed by atoms with Gasteiger partial charge in [-0.1, -0.05) is 19.4 Å². The van der Waals surface area contributed by atoms with E-state index in [1.807, 2.05) is 6.92 Å². The van der Waals surface area contributed by atoms with E-state index >= 15 is 0 Å². The van der Waals surface area contributed by atoms with E-state index in [1.54, 1.807) is 24.3 Å². The number of carbonyl (C=O) groups excluding carboxylic acids is 1. The Balaban J connectivity index is 2.34. The Labute approximate surface area is 118 Å². The number of rotatable bonds is 4. The number of likely N-dealkylation sites (tertiary alicyclic amines) is 1. The van der Waals surface area contributed by atoms with Crippen LogP contribution in [-0.4, -0.2) is 34.0 Å².